The molecule has 0 fully saturated rings. The maximum Gasteiger partial charge on any atom is 0.268 e. The van der Waals surface area contributed by atoms with Gasteiger partial charge in [-0.1, -0.05) is 43.7 Å². The lowest BCUT2D eigenvalue weighted by molar-refractivity contribution is 0.458. The Kier molecular flexibility index (Phi) is 4.85. The number of unbranched alkanes of at least 4 members (excludes halogenated alkanes) is 1. The van der Waals surface area contributed by atoms with E-state index in [1.54, 1.807) is 36.4 Å². The van der Waals surface area contributed by atoms with Crippen LogP contribution in [0.25, 0.3) is 0 Å². The Morgan fingerprint density at radius 3 is 2.24 bits per heavy atom. The van der Waals surface area contributed by atoms with Crippen molar-refractivity contribution in [2.45, 2.75) is 24.7 Å². The first-order valence-electron chi connectivity index (χ1n) is 6.93. The first-order valence-corrected chi connectivity index (χ1v) is 8.37. The Bertz CT molecular complexity index is 684. The fraction of sp³-hybridized carbons (Fsp3) is 0.250. The number of benzene rings is 2. The SMILES string of the molecule is CCCCN(c1ccccc1)S(=O)(=O)c1ccccc1O. The van der Waals surface area contributed by atoms with Gasteiger partial charge < -0.3 is 5.11 Å². The van der Waals surface area contributed by atoms with Gasteiger partial charge in [0.1, 0.15) is 10.6 Å². The minimum absolute atomic E-state index is 0.0649. The Hall–Kier alpha value is -2.01. The molecule has 0 aliphatic rings. The first kappa shape index (κ1) is 15.4. The largest absolute Gasteiger partial charge is 0.507 e. The highest BCUT2D eigenvalue weighted by Crippen LogP contribution is 2.29. The van der Waals surface area contributed by atoms with Gasteiger partial charge in [-0.2, -0.15) is 0 Å². The molecule has 0 aromatic heterocycles. The summed E-state index contributed by atoms with van der Waals surface area (Å²) in [5.74, 6) is -0.227. The fourth-order valence-corrected chi connectivity index (χ4v) is 3.67. The van der Waals surface area contributed by atoms with Crippen molar-refractivity contribution in [2.75, 3.05) is 10.8 Å². The normalized spacial score (nSPS) is 11.3. The zero-order valence-electron chi connectivity index (χ0n) is 11.9. The molecule has 0 spiro atoms. The second kappa shape index (κ2) is 6.63. The Balaban J connectivity index is 2.48. The lowest BCUT2D eigenvalue weighted by atomic mass is 10.3. The number of sulfonamides is 1. The molecule has 21 heavy (non-hydrogen) atoms. The van der Waals surface area contributed by atoms with Crippen LogP contribution in [0.3, 0.4) is 0 Å². The van der Waals surface area contributed by atoms with Gasteiger partial charge in [0.15, 0.2) is 0 Å². The topological polar surface area (TPSA) is 57.6 Å². The van der Waals surface area contributed by atoms with Crippen LogP contribution in [0.5, 0.6) is 5.75 Å². The predicted molar refractivity (Wildman–Crippen MR) is 84.0 cm³/mol. The van der Waals surface area contributed by atoms with Crippen LogP contribution in [0.2, 0.25) is 0 Å². The lowest BCUT2D eigenvalue weighted by Gasteiger charge is -2.24. The summed E-state index contributed by atoms with van der Waals surface area (Å²) in [6.07, 6.45) is 1.64. The van der Waals surface area contributed by atoms with E-state index in [4.69, 9.17) is 0 Å². The maximum absolute atomic E-state index is 12.8. The molecule has 0 aliphatic heterocycles. The second-order valence-electron chi connectivity index (χ2n) is 4.73. The van der Waals surface area contributed by atoms with Crippen molar-refractivity contribution >= 4 is 15.7 Å². The van der Waals surface area contributed by atoms with E-state index in [-0.39, 0.29) is 10.6 Å². The monoisotopic (exact) mass is 305 g/mol. The summed E-state index contributed by atoms with van der Waals surface area (Å²) in [6, 6.07) is 15.0. The van der Waals surface area contributed by atoms with Crippen LogP contribution in [-0.2, 0) is 10.0 Å². The zero-order chi connectivity index (χ0) is 15.3. The molecule has 0 amide bonds. The van der Waals surface area contributed by atoms with Crippen LogP contribution < -0.4 is 4.31 Å². The van der Waals surface area contributed by atoms with Gasteiger partial charge in [0, 0.05) is 6.54 Å². The molecule has 0 atom stereocenters. The van der Waals surface area contributed by atoms with Crippen LogP contribution in [0.4, 0.5) is 5.69 Å². The molecule has 1 N–H and O–H groups in total. The van der Waals surface area contributed by atoms with Crippen molar-refractivity contribution in [1.29, 1.82) is 0 Å². The summed E-state index contributed by atoms with van der Waals surface area (Å²) < 4.78 is 27.0. The molecule has 0 unspecified atom stereocenters. The van der Waals surface area contributed by atoms with E-state index in [9.17, 15) is 13.5 Å². The van der Waals surface area contributed by atoms with Crippen molar-refractivity contribution in [3.63, 3.8) is 0 Å². The standard InChI is InChI=1S/C16H19NO3S/c1-2-3-13-17(14-9-5-4-6-10-14)21(19,20)16-12-8-7-11-15(16)18/h4-12,18H,2-3,13H2,1H3. The van der Waals surface area contributed by atoms with Gasteiger partial charge in [0.05, 0.1) is 5.69 Å². The smallest absolute Gasteiger partial charge is 0.268 e. The third-order valence-corrected chi connectivity index (χ3v) is 5.07. The summed E-state index contributed by atoms with van der Waals surface area (Å²) in [4.78, 5) is -0.0649. The molecule has 4 nitrogen and oxygen atoms in total. The third kappa shape index (κ3) is 3.36. The molecule has 0 saturated carbocycles. The van der Waals surface area contributed by atoms with Crippen LogP contribution in [-0.4, -0.2) is 20.1 Å². The van der Waals surface area contributed by atoms with Gasteiger partial charge in [0.25, 0.3) is 10.0 Å². The minimum atomic E-state index is -3.77. The molecule has 5 heteroatoms. The molecule has 2 aromatic carbocycles. The third-order valence-electron chi connectivity index (χ3n) is 3.19. The summed E-state index contributed by atoms with van der Waals surface area (Å²) in [6.45, 7) is 2.40. The Labute approximate surface area is 125 Å². The van der Waals surface area contributed by atoms with E-state index < -0.39 is 10.0 Å². The van der Waals surface area contributed by atoms with Crippen LogP contribution in [0, 0.1) is 0 Å². The quantitative estimate of drug-likeness (QED) is 0.890. The Morgan fingerprint density at radius 2 is 1.62 bits per heavy atom. The predicted octanol–water partition coefficient (Wildman–Crippen LogP) is 3.39. The molecule has 112 valence electrons. The van der Waals surface area contributed by atoms with E-state index in [0.717, 1.165) is 12.8 Å². The summed E-state index contributed by atoms with van der Waals surface area (Å²) in [7, 11) is -3.77. The lowest BCUT2D eigenvalue weighted by Crippen LogP contribution is -2.32. The maximum atomic E-state index is 12.8. The molecule has 0 radical (unpaired) electrons. The molecule has 0 aliphatic carbocycles. The van der Waals surface area contributed by atoms with E-state index in [1.165, 1.54) is 16.4 Å². The second-order valence-corrected chi connectivity index (χ2v) is 6.56. The number of phenolic OH excluding ortho intramolecular Hbond substituents is 1. The molecule has 2 aromatic rings. The van der Waals surface area contributed by atoms with Crippen molar-refractivity contribution in [3.05, 3.63) is 54.6 Å². The number of rotatable bonds is 6. The van der Waals surface area contributed by atoms with E-state index in [0.29, 0.717) is 12.2 Å². The fourth-order valence-electron chi connectivity index (χ4n) is 2.08. The van der Waals surface area contributed by atoms with Crippen molar-refractivity contribution in [2.24, 2.45) is 0 Å². The number of para-hydroxylation sites is 2. The number of aromatic hydroxyl groups is 1. The van der Waals surface area contributed by atoms with E-state index in [2.05, 4.69) is 0 Å². The average Bonchev–Trinajstić information content (AvgIpc) is 2.49. The zero-order valence-corrected chi connectivity index (χ0v) is 12.8. The number of nitrogens with zero attached hydrogens (tertiary/aromatic N) is 1. The number of phenols is 1. The summed E-state index contributed by atoms with van der Waals surface area (Å²) in [5.41, 5.74) is 0.606. The van der Waals surface area contributed by atoms with Crippen LogP contribution >= 0.6 is 0 Å². The van der Waals surface area contributed by atoms with Crippen molar-refractivity contribution in [1.82, 2.24) is 0 Å². The molecule has 2 rings (SSSR count). The van der Waals surface area contributed by atoms with Gasteiger partial charge in [-0.3, -0.25) is 4.31 Å². The van der Waals surface area contributed by atoms with Crippen LogP contribution in [0.15, 0.2) is 59.5 Å². The molecule has 0 heterocycles. The minimum Gasteiger partial charge on any atom is -0.507 e. The first-order chi connectivity index (χ1) is 10.1. The molecular formula is C16H19NO3S. The molecule has 0 saturated heterocycles. The van der Waals surface area contributed by atoms with E-state index >= 15 is 0 Å². The Morgan fingerprint density at radius 1 is 1.00 bits per heavy atom. The average molecular weight is 305 g/mol. The van der Waals surface area contributed by atoms with Crippen molar-refractivity contribution < 1.29 is 13.5 Å². The van der Waals surface area contributed by atoms with Gasteiger partial charge in [-0.05, 0) is 30.7 Å². The van der Waals surface area contributed by atoms with Gasteiger partial charge in [-0.15, -0.1) is 0 Å². The number of hydrogen-bond donors (Lipinski definition) is 1. The summed E-state index contributed by atoms with van der Waals surface area (Å²) in [5, 5.41) is 9.86. The molecular weight excluding hydrogens is 286 g/mol. The van der Waals surface area contributed by atoms with Crippen LogP contribution in [0.1, 0.15) is 19.8 Å². The summed E-state index contributed by atoms with van der Waals surface area (Å²) >= 11 is 0. The molecule has 0 bridgehead atoms. The van der Waals surface area contributed by atoms with Crippen molar-refractivity contribution in [3.8, 4) is 5.75 Å². The number of anilines is 1. The highest BCUT2D eigenvalue weighted by molar-refractivity contribution is 7.93. The van der Waals surface area contributed by atoms with Gasteiger partial charge in [-0.25, -0.2) is 8.42 Å². The van der Waals surface area contributed by atoms with E-state index in [1.807, 2.05) is 13.0 Å². The highest BCUT2D eigenvalue weighted by Gasteiger charge is 2.26. The van der Waals surface area contributed by atoms with Gasteiger partial charge >= 0.3 is 0 Å². The number of hydrogen-bond acceptors (Lipinski definition) is 3. The van der Waals surface area contributed by atoms with Gasteiger partial charge in [0.2, 0.25) is 0 Å². The highest BCUT2D eigenvalue weighted by atomic mass is 32.2.